The zero-order valence-electron chi connectivity index (χ0n) is 30.8. The lowest BCUT2D eigenvalue weighted by atomic mass is 9.95. The second kappa shape index (κ2) is 13.5. The molecule has 0 aliphatic rings. The van der Waals surface area contributed by atoms with Gasteiger partial charge in [-0.15, -0.1) is 0 Å². The van der Waals surface area contributed by atoms with E-state index in [1.54, 1.807) is 0 Å². The van der Waals surface area contributed by atoms with Crippen molar-refractivity contribution >= 4 is 43.5 Å². The van der Waals surface area contributed by atoms with Crippen molar-refractivity contribution in [2.45, 2.75) is 0 Å². The first-order valence-corrected chi connectivity index (χ1v) is 19.1. The van der Waals surface area contributed by atoms with E-state index >= 15 is 0 Å². The number of fused-ring (bicyclic) bond motifs is 6. The fraction of sp³-hybridized carbons (Fsp3) is 0. The van der Waals surface area contributed by atoms with Gasteiger partial charge >= 0.3 is 0 Å². The molecule has 57 heavy (non-hydrogen) atoms. The summed E-state index contributed by atoms with van der Waals surface area (Å²) in [5, 5.41) is 5.83. The molecule has 0 spiro atoms. The minimum Gasteiger partial charge on any atom is -0.309 e. The first-order valence-electron chi connectivity index (χ1n) is 19.1. The molecule has 0 radical (unpaired) electrons. The molecular weight excluding hydrogens is 695 g/mol. The van der Waals surface area contributed by atoms with Gasteiger partial charge in [-0.1, -0.05) is 158 Å². The normalized spacial score (nSPS) is 11.5. The first-order chi connectivity index (χ1) is 28.2. The summed E-state index contributed by atoms with van der Waals surface area (Å²) in [6.45, 7) is 0. The van der Waals surface area contributed by atoms with Crippen molar-refractivity contribution in [3.63, 3.8) is 0 Å². The zero-order chi connectivity index (χ0) is 37.7. The maximum Gasteiger partial charge on any atom is 0.164 e. The molecule has 0 saturated heterocycles. The Morgan fingerprint density at radius 1 is 0.281 bits per heavy atom. The molecule has 0 fully saturated rings. The fourth-order valence-corrected chi connectivity index (χ4v) is 8.09. The van der Waals surface area contributed by atoms with Crippen molar-refractivity contribution in [1.29, 1.82) is 0 Å². The summed E-state index contributed by atoms with van der Waals surface area (Å²) >= 11 is 0. The Bertz CT molecular complexity index is 3210. The highest BCUT2D eigenvalue weighted by Gasteiger charge is 2.18. The molecule has 11 aromatic rings. The third-order valence-electron chi connectivity index (χ3n) is 10.8. The summed E-state index contributed by atoms with van der Waals surface area (Å²) < 4.78 is 2.38. The molecule has 3 heterocycles. The van der Waals surface area contributed by atoms with Gasteiger partial charge in [-0.2, -0.15) is 0 Å². The SMILES string of the molecule is c1ccc(-c2nc(-c3ccccc3)nc(-c3cccc(-c4ccc5c(c4)nc(-c4ccccc4)c4cc6c7ccccc7n(-c7ccccc7)c6cc45)c3)n2)cc1. The summed E-state index contributed by atoms with van der Waals surface area (Å²) in [7, 11) is 0. The number of rotatable bonds is 6. The Morgan fingerprint density at radius 2 is 0.825 bits per heavy atom. The first kappa shape index (κ1) is 32.7. The number of hydrogen-bond donors (Lipinski definition) is 0. The molecular formula is C52H33N5. The van der Waals surface area contributed by atoms with E-state index in [0.29, 0.717) is 17.5 Å². The topological polar surface area (TPSA) is 56.5 Å². The summed E-state index contributed by atoms with van der Waals surface area (Å²) in [6, 6.07) is 69.8. The Hall–Kier alpha value is -7.76. The largest absolute Gasteiger partial charge is 0.309 e. The van der Waals surface area contributed by atoms with Crippen molar-refractivity contribution in [3.05, 3.63) is 200 Å². The van der Waals surface area contributed by atoms with Gasteiger partial charge in [0.15, 0.2) is 17.5 Å². The van der Waals surface area contributed by atoms with Crippen LogP contribution in [0.3, 0.4) is 0 Å². The van der Waals surface area contributed by atoms with Gasteiger partial charge in [0, 0.05) is 49.5 Å². The number of benzene rings is 8. The number of hydrogen-bond acceptors (Lipinski definition) is 4. The maximum atomic E-state index is 5.44. The summed E-state index contributed by atoms with van der Waals surface area (Å²) in [6.07, 6.45) is 0. The molecule has 5 nitrogen and oxygen atoms in total. The average molecular weight is 728 g/mol. The predicted octanol–water partition coefficient (Wildman–Crippen LogP) is 13.0. The summed E-state index contributed by atoms with van der Waals surface area (Å²) in [5.74, 6) is 1.90. The van der Waals surface area contributed by atoms with Crippen LogP contribution in [0.2, 0.25) is 0 Å². The van der Waals surface area contributed by atoms with E-state index < -0.39 is 0 Å². The van der Waals surface area contributed by atoms with Crippen molar-refractivity contribution in [1.82, 2.24) is 24.5 Å². The molecule has 11 rings (SSSR count). The number of para-hydroxylation sites is 2. The number of pyridine rings is 1. The van der Waals surface area contributed by atoms with Crippen molar-refractivity contribution in [2.75, 3.05) is 0 Å². The molecule has 0 unspecified atom stereocenters. The minimum atomic E-state index is 0.624. The molecule has 0 N–H and O–H groups in total. The average Bonchev–Trinajstić information content (AvgIpc) is 3.62. The lowest BCUT2D eigenvalue weighted by molar-refractivity contribution is 1.07. The van der Waals surface area contributed by atoms with E-state index in [9.17, 15) is 0 Å². The predicted molar refractivity (Wildman–Crippen MR) is 234 cm³/mol. The smallest absolute Gasteiger partial charge is 0.164 e. The standard InChI is InChI=1S/C52H33N5/c1-5-16-34(17-6-1)49-45-32-44-42-26-13-14-27-47(42)57(40-24-11-4-12-25-40)48(44)33-43(45)41-29-28-38(31-46(41)53-49)37-22-15-23-39(30-37)52-55-50(35-18-7-2-8-19-35)54-51(56-52)36-20-9-3-10-21-36/h1-33H. The third kappa shape index (κ3) is 5.72. The second-order valence-electron chi connectivity index (χ2n) is 14.3. The Labute approximate surface area is 329 Å². The van der Waals surface area contributed by atoms with Crippen LogP contribution in [0.5, 0.6) is 0 Å². The van der Waals surface area contributed by atoms with Crippen molar-refractivity contribution in [2.24, 2.45) is 0 Å². The molecule has 266 valence electrons. The lowest BCUT2D eigenvalue weighted by Gasteiger charge is -2.14. The highest BCUT2D eigenvalue weighted by molar-refractivity contribution is 6.20. The Balaban J connectivity index is 1.10. The van der Waals surface area contributed by atoms with Crippen LogP contribution < -0.4 is 0 Å². The van der Waals surface area contributed by atoms with Crippen LogP contribution in [0.4, 0.5) is 0 Å². The van der Waals surface area contributed by atoms with Crippen LogP contribution in [0.25, 0.3) is 106 Å². The van der Waals surface area contributed by atoms with Gasteiger partial charge in [-0.3, -0.25) is 0 Å². The van der Waals surface area contributed by atoms with E-state index in [4.69, 9.17) is 19.9 Å². The van der Waals surface area contributed by atoms with Crippen molar-refractivity contribution in [3.8, 4) is 62.2 Å². The van der Waals surface area contributed by atoms with Crippen LogP contribution in [-0.2, 0) is 0 Å². The van der Waals surface area contributed by atoms with Crippen LogP contribution in [0.15, 0.2) is 200 Å². The molecule has 3 aromatic heterocycles. The lowest BCUT2D eigenvalue weighted by Crippen LogP contribution is -2.00. The third-order valence-corrected chi connectivity index (χ3v) is 10.8. The van der Waals surface area contributed by atoms with Crippen LogP contribution in [0, 0.1) is 0 Å². The van der Waals surface area contributed by atoms with Crippen LogP contribution in [-0.4, -0.2) is 24.5 Å². The fourth-order valence-electron chi connectivity index (χ4n) is 8.09. The molecule has 0 aliphatic heterocycles. The Kier molecular flexibility index (Phi) is 7.74. The summed E-state index contributed by atoms with van der Waals surface area (Å²) in [4.78, 5) is 20.3. The molecule has 0 saturated carbocycles. The van der Waals surface area contributed by atoms with Gasteiger partial charge in [0.05, 0.1) is 22.2 Å². The van der Waals surface area contributed by atoms with Gasteiger partial charge in [-0.05, 0) is 59.0 Å². The molecule has 0 atom stereocenters. The van der Waals surface area contributed by atoms with E-state index in [0.717, 1.165) is 61.1 Å². The highest BCUT2D eigenvalue weighted by Crippen LogP contribution is 2.41. The quantitative estimate of drug-likeness (QED) is 0.160. The zero-order valence-corrected chi connectivity index (χ0v) is 30.8. The minimum absolute atomic E-state index is 0.624. The van der Waals surface area contributed by atoms with Gasteiger partial charge in [0.2, 0.25) is 0 Å². The van der Waals surface area contributed by atoms with Crippen LogP contribution in [0.1, 0.15) is 0 Å². The summed E-state index contributed by atoms with van der Waals surface area (Å²) in [5.41, 5.74) is 11.4. The van der Waals surface area contributed by atoms with Gasteiger partial charge in [0.1, 0.15) is 0 Å². The van der Waals surface area contributed by atoms with Crippen molar-refractivity contribution < 1.29 is 0 Å². The van der Waals surface area contributed by atoms with E-state index in [1.165, 1.54) is 27.2 Å². The number of nitrogens with zero attached hydrogens (tertiary/aromatic N) is 5. The molecule has 0 amide bonds. The van der Waals surface area contributed by atoms with E-state index in [-0.39, 0.29) is 0 Å². The molecule has 8 aromatic carbocycles. The molecule has 5 heteroatoms. The van der Waals surface area contributed by atoms with Crippen LogP contribution >= 0.6 is 0 Å². The Morgan fingerprint density at radius 3 is 1.51 bits per heavy atom. The number of aromatic nitrogens is 5. The van der Waals surface area contributed by atoms with Gasteiger partial charge in [-0.25, -0.2) is 19.9 Å². The van der Waals surface area contributed by atoms with Gasteiger partial charge in [0.25, 0.3) is 0 Å². The maximum absolute atomic E-state index is 5.44. The second-order valence-corrected chi connectivity index (χ2v) is 14.3. The van der Waals surface area contributed by atoms with E-state index in [2.05, 4.69) is 144 Å². The monoisotopic (exact) mass is 727 g/mol. The highest BCUT2D eigenvalue weighted by atomic mass is 15.0. The molecule has 0 aliphatic carbocycles. The van der Waals surface area contributed by atoms with Gasteiger partial charge < -0.3 is 4.57 Å². The van der Waals surface area contributed by atoms with E-state index in [1.807, 2.05) is 60.7 Å². The molecule has 0 bridgehead atoms.